The second-order valence-corrected chi connectivity index (χ2v) is 18.5. The third-order valence-electron chi connectivity index (χ3n) is 12.2. The lowest BCUT2D eigenvalue weighted by Gasteiger charge is -2.21. The van der Waals surface area contributed by atoms with Crippen molar-refractivity contribution in [2.75, 3.05) is 48.1 Å². The van der Waals surface area contributed by atoms with E-state index in [1.54, 1.807) is 48.2 Å². The summed E-state index contributed by atoms with van der Waals surface area (Å²) >= 11 is 8.22. The molecule has 6 amide bonds. The molecule has 15 nitrogen and oxygen atoms in total. The zero-order chi connectivity index (χ0) is 47.6. The summed E-state index contributed by atoms with van der Waals surface area (Å²) in [6, 6.07) is 31.4. The molecule has 2 aliphatic heterocycles. The van der Waals surface area contributed by atoms with E-state index in [0.717, 1.165) is 49.6 Å². The van der Waals surface area contributed by atoms with Crippen LogP contribution in [0.2, 0.25) is 0 Å². The molecule has 3 atom stereocenters. The van der Waals surface area contributed by atoms with Crippen LogP contribution < -0.4 is 21.0 Å². The van der Waals surface area contributed by atoms with Gasteiger partial charge in [-0.25, -0.2) is 10.2 Å². The number of anilines is 3. The van der Waals surface area contributed by atoms with Crippen LogP contribution in [-0.2, 0) is 19.1 Å². The number of hydrazone groups is 1. The number of carbonyl (C=O) groups excluding carboxylic acids is 5. The van der Waals surface area contributed by atoms with E-state index in [1.165, 1.54) is 16.7 Å². The van der Waals surface area contributed by atoms with Gasteiger partial charge in [-0.1, -0.05) is 54.1 Å². The molecule has 4 heterocycles. The number of halogens is 1. The molecular weight excluding hydrogens is 904 g/mol. The Balaban J connectivity index is 0.773. The molecule has 0 bridgehead atoms. The summed E-state index contributed by atoms with van der Waals surface area (Å²) in [6.45, 7) is 6.60. The molecule has 1 fully saturated rings. The Bertz CT molecular complexity index is 3150. The number of carbonyl (C=O) groups is 5. The summed E-state index contributed by atoms with van der Waals surface area (Å²) in [5.41, 5.74) is 11.0. The van der Waals surface area contributed by atoms with Gasteiger partial charge in [0.1, 0.15) is 11.4 Å². The van der Waals surface area contributed by atoms with E-state index in [-0.39, 0.29) is 60.4 Å². The highest BCUT2D eigenvalue weighted by atomic mass is 35.5. The number of nitrogens with one attached hydrogen (secondary N) is 5. The molecule has 0 saturated carbocycles. The fraction of sp³-hybridized carbons (Fsp3) is 0.255. The highest BCUT2D eigenvalue weighted by Crippen LogP contribution is 2.45. The second kappa shape index (κ2) is 19.7. The van der Waals surface area contributed by atoms with Crippen LogP contribution >= 0.6 is 23.4 Å². The highest BCUT2D eigenvalue weighted by molar-refractivity contribution is 8.00. The minimum Gasteiger partial charge on any atom is -0.351 e. The summed E-state index contributed by atoms with van der Waals surface area (Å²) in [5, 5.41) is 12.9. The number of benzene rings is 5. The Morgan fingerprint density at radius 1 is 0.838 bits per heavy atom. The SMILES string of the molecule is CSC1CC(=O)N(CCOC(OCC/C(C)=N\NC(=O)Nc2ccc3[nH]c(C(=O)Nc4ccc5[nH]c(C(=O)N6CC(Cl)c7c6cc(C)c6ccccc76)cc5c4)cc3c2)c2ccc(C)cc2)C1=O. The maximum Gasteiger partial charge on any atom is 0.339 e. The summed E-state index contributed by atoms with van der Waals surface area (Å²) in [7, 11) is 0. The number of aromatic nitrogens is 2. The van der Waals surface area contributed by atoms with Crippen molar-refractivity contribution in [2.24, 2.45) is 5.10 Å². The number of aromatic amines is 2. The van der Waals surface area contributed by atoms with Gasteiger partial charge >= 0.3 is 6.03 Å². The Morgan fingerprint density at radius 3 is 2.21 bits per heavy atom. The van der Waals surface area contributed by atoms with Crippen molar-refractivity contribution in [3.63, 3.8) is 0 Å². The zero-order valence-corrected chi connectivity index (χ0v) is 39.3. The van der Waals surface area contributed by atoms with E-state index in [1.807, 2.05) is 80.8 Å². The van der Waals surface area contributed by atoms with Crippen LogP contribution in [0.4, 0.5) is 21.9 Å². The zero-order valence-electron chi connectivity index (χ0n) is 37.8. The van der Waals surface area contributed by atoms with Crippen molar-refractivity contribution < 1.29 is 33.4 Å². The van der Waals surface area contributed by atoms with Crippen LogP contribution in [0, 0.1) is 13.8 Å². The molecule has 2 aromatic heterocycles. The molecule has 5 aromatic carbocycles. The first-order chi connectivity index (χ1) is 32.8. The summed E-state index contributed by atoms with van der Waals surface area (Å²) < 4.78 is 12.1. The van der Waals surface area contributed by atoms with Crippen molar-refractivity contribution in [2.45, 2.75) is 50.5 Å². The third kappa shape index (κ3) is 9.71. The fourth-order valence-corrected chi connectivity index (χ4v) is 9.62. The standard InChI is InChI=1S/C51H49ClN8O7S/c1-28-9-11-31(12-10-28)50(67-20-18-59-45(61)26-44(68-4)49(59)64)66-19-17-30(3)57-58-51(65)54-35-14-16-39-32(23-35)24-41(55-39)47(62)53-34-13-15-40-33(22-34)25-42(56-40)48(63)60-27-38(52)46-37-8-6-5-7-36(37)29(2)21-43(46)60/h5-16,21-25,38,44,50,55-56H,17-20,26-27H2,1-4H3,(H,53,62)(H2,54,58,65)/b57-30-. The number of amides is 6. The summed E-state index contributed by atoms with van der Waals surface area (Å²) in [6.07, 6.45) is 1.65. The number of nitrogens with zero attached hydrogens (tertiary/aromatic N) is 3. The number of rotatable bonds is 15. The molecule has 68 heavy (non-hydrogen) atoms. The molecule has 0 spiro atoms. The predicted octanol–water partition coefficient (Wildman–Crippen LogP) is 9.72. The smallest absolute Gasteiger partial charge is 0.339 e. The van der Waals surface area contributed by atoms with Crippen molar-refractivity contribution in [3.05, 3.63) is 137 Å². The number of likely N-dealkylation sites (tertiary alicyclic amines) is 1. The van der Waals surface area contributed by atoms with Gasteiger partial charge in [-0.2, -0.15) is 16.9 Å². The normalized spacial score (nSPS) is 16.5. The summed E-state index contributed by atoms with van der Waals surface area (Å²) in [5.74, 6) is -0.957. The van der Waals surface area contributed by atoms with E-state index in [2.05, 4.69) is 37.2 Å². The minimum absolute atomic E-state index is 0.108. The molecule has 5 N–H and O–H groups in total. The predicted molar refractivity (Wildman–Crippen MR) is 268 cm³/mol. The van der Waals surface area contributed by atoms with Crippen LogP contribution in [-0.4, -0.2) is 88.0 Å². The van der Waals surface area contributed by atoms with Crippen molar-refractivity contribution in [3.8, 4) is 0 Å². The average Bonchev–Trinajstić information content (AvgIpc) is 4.11. The van der Waals surface area contributed by atoms with E-state index in [0.29, 0.717) is 52.3 Å². The molecule has 2 aliphatic rings. The number of hydrogen-bond donors (Lipinski definition) is 5. The van der Waals surface area contributed by atoms with Crippen molar-refractivity contribution in [1.29, 1.82) is 0 Å². The second-order valence-electron chi connectivity index (χ2n) is 16.9. The summed E-state index contributed by atoms with van der Waals surface area (Å²) in [4.78, 5) is 74.5. The van der Waals surface area contributed by atoms with Gasteiger partial charge < -0.3 is 35.0 Å². The number of hydrogen-bond acceptors (Lipinski definition) is 9. The van der Waals surface area contributed by atoms with Crippen LogP contribution in [0.15, 0.2) is 108 Å². The fourth-order valence-electron chi connectivity index (χ4n) is 8.62. The van der Waals surface area contributed by atoms with Crippen LogP contribution in [0.25, 0.3) is 32.6 Å². The lowest BCUT2D eigenvalue weighted by Crippen LogP contribution is -2.34. The Labute approximate surface area is 400 Å². The number of imide groups is 1. The Hall–Kier alpha value is -6.98. The molecule has 0 aliphatic carbocycles. The van der Waals surface area contributed by atoms with Crippen LogP contribution in [0.3, 0.4) is 0 Å². The Kier molecular flexibility index (Phi) is 13.4. The first kappa shape index (κ1) is 46.1. The van der Waals surface area contributed by atoms with Crippen LogP contribution in [0.5, 0.6) is 0 Å². The molecule has 9 rings (SSSR count). The number of alkyl halides is 1. The quantitative estimate of drug-likeness (QED) is 0.0221. The van der Waals surface area contributed by atoms with E-state index < -0.39 is 12.3 Å². The van der Waals surface area contributed by atoms with Crippen LogP contribution in [0.1, 0.15) is 74.7 Å². The minimum atomic E-state index is -0.744. The topological polar surface area (TPSA) is 190 Å². The van der Waals surface area contributed by atoms with Gasteiger partial charge in [0.05, 0.1) is 30.4 Å². The monoisotopic (exact) mass is 952 g/mol. The largest absolute Gasteiger partial charge is 0.351 e. The van der Waals surface area contributed by atoms with Crippen molar-refractivity contribution >= 4 is 108 Å². The molecule has 0 radical (unpaired) electrons. The first-order valence-corrected chi connectivity index (χ1v) is 23.9. The van der Waals surface area contributed by atoms with E-state index in [9.17, 15) is 24.0 Å². The molecule has 1 saturated heterocycles. The van der Waals surface area contributed by atoms with Gasteiger partial charge in [0.2, 0.25) is 11.8 Å². The Morgan fingerprint density at radius 2 is 1.50 bits per heavy atom. The number of urea groups is 1. The molecule has 3 unspecified atom stereocenters. The van der Waals surface area contributed by atoms with Gasteiger partial charge in [0.25, 0.3) is 11.8 Å². The van der Waals surface area contributed by atoms with Gasteiger partial charge in [-0.3, -0.25) is 24.1 Å². The number of H-pyrrole nitrogens is 2. The number of ether oxygens (including phenoxy) is 2. The first-order valence-electron chi connectivity index (χ1n) is 22.2. The van der Waals surface area contributed by atoms with Gasteiger partial charge in [0.15, 0.2) is 6.29 Å². The van der Waals surface area contributed by atoms with Crippen molar-refractivity contribution in [1.82, 2.24) is 20.3 Å². The molecule has 17 heteroatoms. The molecular formula is C51H49ClN8O7S. The maximum atomic E-state index is 13.9. The number of fused-ring (bicyclic) bond motifs is 5. The van der Waals surface area contributed by atoms with E-state index in [4.69, 9.17) is 21.1 Å². The van der Waals surface area contributed by atoms with E-state index >= 15 is 0 Å². The lowest BCUT2D eigenvalue weighted by atomic mass is 9.98. The van der Waals surface area contributed by atoms with Gasteiger partial charge in [-0.05, 0) is 98.0 Å². The maximum absolute atomic E-state index is 13.9. The van der Waals surface area contributed by atoms with Gasteiger partial charge in [0, 0.05) is 75.1 Å². The molecule has 7 aromatic rings. The number of thioether (sulfide) groups is 1. The highest BCUT2D eigenvalue weighted by Gasteiger charge is 2.38. The third-order valence-corrected chi connectivity index (χ3v) is 13.5. The number of aryl methyl sites for hydroxylation is 2. The van der Waals surface area contributed by atoms with Gasteiger partial charge in [-0.15, -0.1) is 11.6 Å². The lowest BCUT2D eigenvalue weighted by molar-refractivity contribution is -0.155. The average molecular weight is 954 g/mol. The molecule has 348 valence electrons.